The van der Waals surface area contributed by atoms with Gasteiger partial charge in [0.15, 0.2) is 0 Å². The van der Waals surface area contributed by atoms with E-state index in [1.54, 1.807) is 18.4 Å². The summed E-state index contributed by atoms with van der Waals surface area (Å²) in [5.74, 6) is 0.892. The number of ether oxygens (including phenoxy) is 1. The smallest absolute Gasteiger partial charge is 0.119 e. The fourth-order valence-corrected chi connectivity index (χ4v) is 4.90. The van der Waals surface area contributed by atoms with Crippen LogP contribution in [0.4, 0.5) is 0 Å². The van der Waals surface area contributed by atoms with Gasteiger partial charge in [0, 0.05) is 49.8 Å². The van der Waals surface area contributed by atoms with Gasteiger partial charge in [0.25, 0.3) is 0 Å². The Morgan fingerprint density at radius 2 is 1.97 bits per heavy atom. The minimum absolute atomic E-state index is 0.211. The average Bonchev–Trinajstić information content (AvgIpc) is 3.25. The van der Waals surface area contributed by atoms with Crippen molar-refractivity contribution in [3.8, 4) is 17.0 Å². The predicted octanol–water partition coefficient (Wildman–Crippen LogP) is 3.89. The van der Waals surface area contributed by atoms with Crippen molar-refractivity contribution in [1.29, 1.82) is 0 Å². The summed E-state index contributed by atoms with van der Waals surface area (Å²) in [6.45, 7) is 4.90. The Bertz CT molecular complexity index is 931. The highest BCUT2D eigenvalue weighted by Gasteiger charge is 2.27. The van der Waals surface area contributed by atoms with Crippen molar-refractivity contribution in [2.45, 2.75) is 25.6 Å². The second-order valence-electron chi connectivity index (χ2n) is 7.72. The van der Waals surface area contributed by atoms with Gasteiger partial charge in [-0.1, -0.05) is 42.5 Å². The number of piperazine rings is 1. The van der Waals surface area contributed by atoms with Gasteiger partial charge in [-0.25, -0.2) is 4.98 Å². The number of thiazole rings is 1. The second kappa shape index (κ2) is 10.2. The van der Waals surface area contributed by atoms with Gasteiger partial charge in [-0.3, -0.25) is 9.80 Å². The topological polar surface area (TPSA) is 48.8 Å². The van der Waals surface area contributed by atoms with Gasteiger partial charge in [0.05, 0.1) is 19.3 Å². The Hall–Kier alpha value is -2.25. The summed E-state index contributed by atoms with van der Waals surface area (Å²) in [6.07, 6.45) is 0.785. The van der Waals surface area contributed by atoms with Gasteiger partial charge in [-0.2, -0.15) is 0 Å². The lowest BCUT2D eigenvalue weighted by Crippen LogP contribution is -2.52. The van der Waals surface area contributed by atoms with Gasteiger partial charge < -0.3 is 9.84 Å². The van der Waals surface area contributed by atoms with Crippen LogP contribution in [-0.2, 0) is 13.1 Å². The zero-order valence-electron chi connectivity index (χ0n) is 17.4. The fourth-order valence-electron chi connectivity index (χ4n) is 4.05. The third-order valence-corrected chi connectivity index (χ3v) is 6.48. The van der Waals surface area contributed by atoms with Gasteiger partial charge in [-0.05, 0) is 24.1 Å². The third-order valence-electron chi connectivity index (χ3n) is 5.65. The summed E-state index contributed by atoms with van der Waals surface area (Å²) >= 11 is 1.73. The van der Waals surface area contributed by atoms with Crippen molar-refractivity contribution in [2.75, 3.05) is 33.4 Å². The summed E-state index contributed by atoms with van der Waals surface area (Å²) in [5.41, 5.74) is 3.47. The first-order chi connectivity index (χ1) is 14.7. The van der Waals surface area contributed by atoms with E-state index < -0.39 is 0 Å². The fraction of sp³-hybridized carbons (Fsp3) is 0.375. The third kappa shape index (κ3) is 5.26. The Morgan fingerprint density at radius 1 is 1.10 bits per heavy atom. The Labute approximate surface area is 182 Å². The van der Waals surface area contributed by atoms with Crippen LogP contribution in [0.3, 0.4) is 0 Å². The van der Waals surface area contributed by atoms with E-state index in [2.05, 4.69) is 51.6 Å². The van der Waals surface area contributed by atoms with Crippen molar-refractivity contribution in [3.05, 3.63) is 70.5 Å². The van der Waals surface area contributed by atoms with Crippen LogP contribution in [0.5, 0.6) is 5.75 Å². The molecule has 1 atom stereocenters. The van der Waals surface area contributed by atoms with Crippen LogP contribution in [0.15, 0.2) is 60.0 Å². The van der Waals surface area contributed by atoms with Crippen LogP contribution in [-0.4, -0.2) is 59.3 Å². The molecule has 1 aromatic heterocycles. The summed E-state index contributed by atoms with van der Waals surface area (Å²) in [5, 5.41) is 12.9. The molecule has 1 N–H and O–H groups in total. The molecule has 0 bridgehead atoms. The van der Waals surface area contributed by atoms with Crippen molar-refractivity contribution in [1.82, 2.24) is 14.8 Å². The molecule has 4 rings (SSSR count). The molecule has 0 amide bonds. The van der Waals surface area contributed by atoms with Crippen LogP contribution in [0.2, 0.25) is 0 Å². The first kappa shape index (κ1) is 21.0. The van der Waals surface area contributed by atoms with Crippen LogP contribution in [0, 0.1) is 0 Å². The molecule has 1 saturated heterocycles. The molecular formula is C24H29N3O2S. The van der Waals surface area contributed by atoms with Crippen molar-refractivity contribution in [2.24, 2.45) is 0 Å². The van der Waals surface area contributed by atoms with E-state index in [1.807, 2.05) is 18.2 Å². The molecule has 0 spiro atoms. The lowest BCUT2D eigenvalue weighted by atomic mass is 10.1. The van der Waals surface area contributed by atoms with Gasteiger partial charge in [0.2, 0.25) is 0 Å². The number of nitrogens with zero attached hydrogens (tertiary/aromatic N) is 3. The molecule has 158 valence electrons. The number of rotatable bonds is 8. The molecule has 2 heterocycles. The van der Waals surface area contributed by atoms with Gasteiger partial charge in [0.1, 0.15) is 10.8 Å². The van der Waals surface area contributed by atoms with Crippen LogP contribution in [0.25, 0.3) is 11.3 Å². The highest BCUT2D eigenvalue weighted by atomic mass is 32.1. The largest absolute Gasteiger partial charge is 0.497 e. The van der Waals surface area contributed by atoms with E-state index in [-0.39, 0.29) is 6.61 Å². The second-order valence-corrected chi connectivity index (χ2v) is 8.66. The van der Waals surface area contributed by atoms with Crippen molar-refractivity contribution in [3.63, 3.8) is 0 Å². The SMILES string of the molecule is COc1cccc(CN2CCN(Cc3nc(-c4ccccc4)cs3)CC2CCO)c1. The molecule has 5 nitrogen and oxygen atoms in total. The van der Waals surface area contributed by atoms with E-state index in [4.69, 9.17) is 9.72 Å². The number of hydrogen-bond donors (Lipinski definition) is 1. The van der Waals surface area contributed by atoms with Crippen molar-refractivity contribution < 1.29 is 9.84 Å². The summed E-state index contributed by atoms with van der Waals surface area (Å²) < 4.78 is 5.36. The zero-order chi connectivity index (χ0) is 20.8. The lowest BCUT2D eigenvalue weighted by molar-refractivity contribution is 0.0499. The maximum atomic E-state index is 9.61. The Kier molecular flexibility index (Phi) is 7.12. The first-order valence-electron chi connectivity index (χ1n) is 10.4. The van der Waals surface area contributed by atoms with Crippen LogP contribution in [0.1, 0.15) is 17.0 Å². The minimum Gasteiger partial charge on any atom is -0.497 e. The summed E-state index contributed by atoms with van der Waals surface area (Å²) in [4.78, 5) is 9.80. The van der Waals surface area contributed by atoms with E-state index >= 15 is 0 Å². The predicted molar refractivity (Wildman–Crippen MR) is 122 cm³/mol. The maximum Gasteiger partial charge on any atom is 0.119 e. The molecule has 0 radical (unpaired) electrons. The monoisotopic (exact) mass is 423 g/mol. The summed E-state index contributed by atoms with van der Waals surface area (Å²) in [7, 11) is 1.70. The van der Waals surface area contributed by atoms with Gasteiger partial charge >= 0.3 is 0 Å². The van der Waals surface area contributed by atoms with Crippen molar-refractivity contribution >= 4 is 11.3 Å². The molecule has 1 aliphatic heterocycles. The number of aliphatic hydroxyl groups is 1. The Balaban J connectivity index is 1.38. The Morgan fingerprint density at radius 3 is 2.77 bits per heavy atom. The molecule has 6 heteroatoms. The molecule has 1 unspecified atom stereocenters. The number of aliphatic hydroxyl groups excluding tert-OH is 1. The number of aromatic nitrogens is 1. The normalized spacial score (nSPS) is 17.9. The van der Waals surface area contributed by atoms with E-state index in [0.717, 1.165) is 55.6 Å². The standard InChI is InChI=1S/C24H29N3O2S/c1-29-22-9-5-6-19(14-22)15-27-12-11-26(16-21(27)10-13-28)17-24-25-23(18-30-24)20-7-3-2-4-8-20/h2-9,14,18,21,28H,10-13,15-17H2,1H3. The molecule has 3 aromatic rings. The van der Waals surface area contributed by atoms with Crippen LogP contribution < -0.4 is 4.74 Å². The zero-order valence-corrected chi connectivity index (χ0v) is 18.2. The number of hydrogen-bond acceptors (Lipinski definition) is 6. The number of benzene rings is 2. The number of methoxy groups -OCH3 is 1. The average molecular weight is 424 g/mol. The molecule has 2 aromatic carbocycles. The molecule has 1 aliphatic rings. The van der Waals surface area contributed by atoms with E-state index in [9.17, 15) is 5.11 Å². The van der Waals surface area contributed by atoms with Gasteiger partial charge in [-0.15, -0.1) is 11.3 Å². The maximum absolute atomic E-state index is 9.61. The van der Waals surface area contributed by atoms with Crippen LogP contribution >= 0.6 is 11.3 Å². The molecule has 0 aliphatic carbocycles. The molecule has 0 saturated carbocycles. The minimum atomic E-state index is 0.211. The van der Waals surface area contributed by atoms with E-state index in [0.29, 0.717) is 6.04 Å². The molecule has 1 fully saturated rings. The highest BCUT2D eigenvalue weighted by molar-refractivity contribution is 7.09. The molecular weight excluding hydrogens is 394 g/mol. The first-order valence-corrected chi connectivity index (χ1v) is 11.3. The highest BCUT2D eigenvalue weighted by Crippen LogP contribution is 2.24. The van der Waals surface area contributed by atoms with E-state index in [1.165, 1.54) is 11.1 Å². The lowest BCUT2D eigenvalue weighted by Gasteiger charge is -2.41. The summed E-state index contributed by atoms with van der Waals surface area (Å²) in [6, 6.07) is 18.9. The molecule has 30 heavy (non-hydrogen) atoms. The quantitative estimate of drug-likeness (QED) is 0.596.